The van der Waals surface area contributed by atoms with Crippen LogP contribution < -0.4 is 10.1 Å². The van der Waals surface area contributed by atoms with Crippen molar-refractivity contribution in [2.24, 2.45) is 0 Å². The molecule has 1 aromatic heterocycles. The second kappa shape index (κ2) is 4.14. The van der Waals surface area contributed by atoms with Crippen molar-refractivity contribution in [3.63, 3.8) is 0 Å². The molecule has 1 N–H and O–H groups in total. The molecule has 0 aliphatic carbocycles. The maximum Gasteiger partial charge on any atom is 0.394 e. The minimum atomic E-state index is 0.370. The van der Waals surface area contributed by atoms with Crippen molar-refractivity contribution in [3.05, 3.63) is 24.3 Å². The molecule has 0 amide bonds. The molecule has 0 radical (unpaired) electrons. The van der Waals surface area contributed by atoms with Crippen molar-refractivity contribution in [2.75, 3.05) is 13.2 Å². The van der Waals surface area contributed by atoms with E-state index >= 15 is 0 Å². The maximum atomic E-state index is 5.53. The maximum absolute atomic E-state index is 5.53. The number of benzene rings is 1. The first-order valence-corrected chi connectivity index (χ1v) is 5.63. The molecule has 1 fully saturated rings. The lowest BCUT2D eigenvalue weighted by atomic mass is 10.2. The standard InChI is InChI=1S/C12H14N2O2/c1-2-6-11-10(5-1)14-12(16-11)15-8-9-4-3-7-13-9/h1-2,5-6,9,13H,3-4,7-8H2. The molecule has 0 saturated carbocycles. The van der Waals surface area contributed by atoms with Gasteiger partial charge in [-0.3, -0.25) is 0 Å². The predicted molar refractivity (Wildman–Crippen MR) is 60.5 cm³/mol. The van der Waals surface area contributed by atoms with E-state index in [0.29, 0.717) is 18.7 Å². The van der Waals surface area contributed by atoms with Gasteiger partial charge in [0.15, 0.2) is 5.58 Å². The molecular formula is C12H14N2O2. The molecule has 84 valence electrons. The van der Waals surface area contributed by atoms with E-state index in [9.17, 15) is 0 Å². The summed E-state index contributed by atoms with van der Waals surface area (Å²) in [6, 6.07) is 8.11. The largest absolute Gasteiger partial charge is 0.449 e. The van der Waals surface area contributed by atoms with E-state index < -0.39 is 0 Å². The summed E-state index contributed by atoms with van der Waals surface area (Å²) in [6.07, 6.45) is 2.76. The molecular weight excluding hydrogens is 204 g/mol. The van der Waals surface area contributed by atoms with Gasteiger partial charge in [-0.05, 0) is 31.5 Å². The van der Waals surface area contributed by atoms with E-state index in [-0.39, 0.29) is 0 Å². The zero-order valence-electron chi connectivity index (χ0n) is 8.98. The molecule has 0 bridgehead atoms. The van der Waals surface area contributed by atoms with Gasteiger partial charge in [0.25, 0.3) is 0 Å². The van der Waals surface area contributed by atoms with Gasteiger partial charge in [0, 0.05) is 6.04 Å². The van der Waals surface area contributed by atoms with Crippen LogP contribution in [0, 0.1) is 0 Å². The Balaban J connectivity index is 1.69. The number of ether oxygens (including phenoxy) is 1. The van der Waals surface area contributed by atoms with Gasteiger partial charge in [0.05, 0.1) is 0 Å². The van der Waals surface area contributed by atoms with Crippen LogP contribution in [-0.2, 0) is 0 Å². The number of nitrogens with zero attached hydrogens (tertiary/aromatic N) is 1. The number of hydrogen-bond acceptors (Lipinski definition) is 4. The van der Waals surface area contributed by atoms with Crippen LogP contribution in [0.5, 0.6) is 6.08 Å². The Bertz CT molecular complexity index is 442. The second-order valence-corrected chi connectivity index (χ2v) is 4.05. The van der Waals surface area contributed by atoms with Crippen molar-refractivity contribution in [3.8, 4) is 6.08 Å². The molecule has 1 unspecified atom stereocenters. The highest BCUT2D eigenvalue weighted by Gasteiger charge is 2.15. The Morgan fingerprint density at radius 2 is 2.38 bits per heavy atom. The summed E-state index contributed by atoms with van der Waals surface area (Å²) in [4.78, 5) is 4.26. The zero-order chi connectivity index (χ0) is 10.8. The second-order valence-electron chi connectivity index (χ2n) is 4.05. The number of aromatic nitrogens is 1. The number of nitrogens with one attached hydrogen (secondary N) is 1. The van der Waals surface area contributed by atoms with E-state index in [1.54, 1.807) is 0 Å². The molecule has 1 aromatic carbocycles. The molecule has 16 heavy (non-hydrogen) atoms. The first-order valence-electron chi connectivity index (χ1n) is 5.63. The average Bonchev–Trinajstić information content (AvgIpc) is 2.95. The van der Waals surface area contributed by atoms with Gasteiger partial charge in [-0.1, -0.05) is 12.1 Å². The third-order valence-electron chi connectivity index (χ3n) is 2.84. The van der Waals surface area contributed by atoms with Crippen LogP contribution in [0.15, 0.2) is 28.7 Å². The Morgan fingerprint density at radius 1 is 1.44 bits per heavy atom. The first kappa shape index (κ1) is 9.66. The molecule has 4 heteroatoms. The highest BCUT2D eigenvalue weighted by Crippen LogP contribution is 2.20. The molecule has 4 nitrogen and oxygen atoms in total. The minimum absolute atomic E-state index is 0.370. The number of para-hydroxylation sites is 2. The zero-order valence-corrected chi connectivity index (χ0v) is 8.98. The van der Waals surface area contributed by atoms with E-state index in [1.807, 2.05) is 24.3 Å². The van der Waals surface area contributed by atoms with Crippen LogP contribution in [0.1, 0.15) is 12.8 Å². The number of fused-ring (bicyclic) bond motifs is 1. The van der Waals surface area contributed by atoms with E-state index in [4.69, 9.17) is 9.15 Å². The van der Waals surface area contributed by atoms with Gasteiger partial charge < -0.3 is 14.5 Å². The number of rotatable bonds is 3. The Kier molecular flexibility index (Phi) is 2.50. The van der Waals surface area contributed by atoms with Crippen molar-refractivity contribution < 1.29 is 9.15 Å². The molecule has 3 rings (SSSR count). The average molecular weight is 218 g/mol. The summed E-state index contributed by atoms with van der Waals surface area (Å²) >= 11 is 0. The summed E-state index contributed by atoms with van der Waals surface area (Å²) in [5.74, 6) is 0. The van der Waals surface area contributed by atoms with Crippen molar-refractivity contribution >= 4 is 11.1 Å². The quantitative estimate of drug-likeness (QED) is 0.855. The summed E-state index contributed by atoms with van der Waals surface area (Å²) in [5.41, 5.74) is 1.62. The molecule has 2 aromatic rings. The number of oxazole rings is 1. The Labute approximate surface area is 93.6 Å². The predicted octanol–water partition coefficient (Wildman–Crippen LogP) is 1.96. The normalized spacial score (nSPS) is 20.4. The minimum Gasteiger partial charge on any atom is -0.449 e. The van der Waals surface area contributed by atoms with Crippen LogP contribution in [0.4, 0.5) is 0 Å². The highest BCUT2D eigenvalue weighted by atomic mass is 16.6. The van der Waals surface area contributed by atoms with Crippen LogP contribution in [0.2, 0.25) is 0 Å². The molecule has 1 atom stereocenters. The SMILES string of the molecule is c1ccc2oc(OCC3CCCN3)nc2c1. The summed E-state index contributed by atoms with van der Waals surface area (Å²) < 4.78 is 11.0. The fraction of sp³-hybridized carbons (Fsp3) is 0.417. The van der Waals surface area contributed by atoms with Crippen LogP contribution in [0.3, 0.4) is 0 Å². The van der Waals surface area contributed by atoms with Crippen molar-refractivity contribution in [1.82, 2.24) is 10.3 Å². The Hall–Kier alpha value is -1.55. The molecule has 1 aliphatic heterocycles. The lowest BCUT2D eigenvalue weighted by Gasteiger charge is -2.08. The van der Waals surface area contributed by atoms with E-state index in [2.05, 4.69) is 10.3 Å². The fourth-order valence-electron chi connectivity index (χ4n) is 1.98. The van der Waals surface area contributed by atoms with Crippen LogP contribution in [0.25, 0.3) is 11.1 Å². The third-order valence-corrected chi connectivity index (χ3v) is 2.84. The van der Waals surface area contributed by atoms with Crippen LogP contribution >= 0.6 is 0 Å². The highest BCUT2D eigenvalue weighted by molar-refractivity contribution is 5.72. The third kappa shape index (κ3) is 1.88. The Morgan fingerprint density at radius 3 is 3.19 bits per heavy atom. The first-order chi connectivity index (χ1) is 7.92. The molecule has 0 spiro atoms. The molecule has 1 saturated heterocycles. The van der Waals surface area contributed by atoms with Crippen molar-refractivity contribution in [2.45, 2.75) is 18.9 Å². The molecule has 1 aliphatic rings. The van der Waals surface area contributed by atoms with Gasteiger partial charge in [0.2, 0.25) is 0 Å². The summed E-state index contributed by atoms with van der Waals surface area (Å²) in [5, 5.41) is 3.37. The molecule has 2 heterocycles. The van der Waals surface area contributed by atoms with Gasteiger partial charge in [-0.15, -0.1) is 0 Å². The fourth-order valence-corrected chi connectivity index (χ4v) is 1.98. The van der Waals surface area contributed by atoms with Gasteiger partial charge in [-0.2, -0.15) is 4.98 Å². The monoisotopic (exact) mass is 218 g/mol. The summed E-state index contributed by atoms with van der Waals surface area (Å²) in [7, 11) is 0. The van der Waals surface area contributed by atoms with Crippen molar-refractivity contribution in [1.29, 1.82) is 0 Å². The van der Waals surface area contributed by atoms with Gasteiger partial charge in [0.1, 0.15) is 12.1 Å². The summed E-state index contributed by atoms with van der Waals surface area (Å²) in [6.45, 7) is 1.72. The smallest absolute Gasteiger partial charge is 0.394 e. The van der Waals surface area contributed by atoms with E-state index in [1.165, 1.54) is 12.8 Å². The van der Waals surface area contributed by atoms with Gasteiger partial charge >= 0.3 is 6.08 Å². The van der Waals surface area contributed by atoms with Crippen LogP contribution in [-0.4, -0.2) is 24.2 Å². The van der Waals surface area contributed by atoms with Gasteiger partial charge in [-0.25, -0.2) is 0 Å². The van der Waals surface area contributed by atoms with E-state index in [0.717, 1.165) is 17.6 Å². The topological polar surface area (TPSA) is 47.3 Å². The lowest BCUT2D eigenvalue weighted by molar-refractivity contribution is 0.212. The number of hydrogen-bond donors (Lipinski definition) is 1. The lowest BCUT2D eigenvalue weighted by Crippen LogP contribution is -2.28.